The fourth-order valence-electron chi connectivity index (χ4n) is 3.66. The minimum Gasteiger partial charge on any atom is -0.329 e. The van der Waals surface area contributed by atoms with Crippen molar-refractivity contribution in [3.8, 4) is 0 Å². The SMILES string of the molecule is CCCCN(CC(=O)N1CC(=O)N(c2cccc(Cl)c2C)C1)C(=O)c1ccccc1C. The number of unbranched alkanes of at least 4 members (excludes halogenated alkanes) is 1. The molecular weight excluding hydrogens is 414 g/mol. The molecule has 0 saturated carbocycles. The van der Waals surface area contributed by atoms with Crippen LogP contribution in [0.5, 0.6) is 0 Å². The minimum atomic E-state index is -0.242. The minimum absolute atomic E-state index is 0.00897. The first kappa shape index (κ1) is 22.8. The molecule has 0 aromatic heterocycles. The van der Waals surface area contributed by atoms with Gasteiger partial charge in [0.05, 0.1) is 0 Å². The van der Waals surface area contributed by atoms with Gasteiger partial charge in [0.25, 0.3) is 5.91 Å². The van der Waals surface area contributed by atoms with Crippen molar-refractivity contribution in [2.75, 3.05) is 31.2 Å². The van der Waals surface area contributed by atoms with Crippen LogP contribution in [-0.2, 0) is 9.59 Å². The smallest absolute Gasteiger partial charge is 0.254 e. The van der Waals surface area contributed by atoms with E-state index in [1.165, 1.54) is 4.90 Å². The molecule has 3 rings (SSSR count). The molecular formula is C24H28ClN3O3. The lowest BCUT2D eigenvalue weighted by Crippen LogP contribution is -2.43. The summed E-state index contributed by atoms with van der Waals surface area (Å²) in [5.41, 5.74) is 2.97. The van der Waals surface area contributed by atoms with Gasteiger partial charge in [0.15, 0.2) is 0 Å². The van der Waals surface area contributed by atoms with Gasteiger partial charge in [-0.05, 0) is 49.6 Å². The van der Waals surface area contributed by atoms with Crippen molar-refractivity contribution in [1.82, 2.24) is 9.80 Å². The van der Waals surface area contributed by atoms with Gasteiger partial charge in [0, 0.05) is 22.8 Å². The highest BCUT2D eigenvalue weighted by Gasteiger charge is 2.34. The average Bonchev–Trinajstić information content (AvgIpc) is 3.14. The summed E-state index contributed by atoms with van der Waals surface area (Å²) in [5.74, 6) is -0.564. The zero-order chi connectivity index (χ0) is 22.5. The van der Waals surface area contributed by atoms with Crippen LogP contribution in [0.4, 0.5) is 5.69 Å². The molecule has 0 bridgehead atoms. The van der Waals surface area contributed by atoms with E-state index in [2.05, 4.69) is 0 Å². The lowest BCUT2D eigenvalue weighted by molar-refractivity contribution is -0.132. The topological polar surface area (TPSA) is 60.9 Å². The Morgan fingerprint density at radius 2 is 1.84 bits per heavy atom. The van der Waals surface area contributed by atoms with Crippen molar-refractivity contribution in [2.24, 2.45) is 0 Å². The predicted octanol–water partition coefficient (Wildman–Crippen LogP) is 4.03. The lowest BCUT2D eigenvalue weighted by atomic mass is 10.1. The largest absolute Gasteiger partial charge is 0.329 e. The number of hydrogen-bond acceptors (Lipinski definition) is 3. The molecule has 0 radical (unpaired) electrons. The van der Waals surface area contributed by atoms with Gasteiger partial charge in [-0.15, -0.1) is 0 Å². The van der Waals surface area contributed by atoms with Crippen molar-refractivity contribution < 1.29 is 14.4 Å². The molecule has 1 aliphatic rings. The number of benzene rings is 2. The van der Waals surface area contributed by atoms with Crippen molar-refractivity contribution in [1.29, 1.82) is 0 Å². The molecule has 31 heavy (non-hydrogen) atoms. The van der Waals surface area contributed by atoms with Crippen LogP contribution < -0.4 is 4.90 Å². The number of carbonyl (C=O) groups excluding carboxylic acids is 3. The van der Waals surface area contributed by atoms with Crippen molar-refractivity contribution >= 4 is 35.0 Å². The standard InChI is InChI=1S/C24H28ClN3O3/c1-4-5-13-26(24(31)19-10-7-6-9-17(19)2)14-22(29)27-15-23(30)28(16-27)21-12-8-11-20(25)18(21)3/h6-12H,4-5,13-16H2,1-3H3. The summed E-state index contributed by atoms with van der Waals surface area (Å²) in [4.78, 5) is 43.4. The molecule has 0 N–H and O–H groups in total. The number of nitrogens with zero attached hydrogens (tertiary/aromatic N) is 3. The second kappa shape index (κ2) is 9.96. The molecule has 6 nitrogen and oxygen atoms in total. The van der Waals surface area contributed by atoms with E-state index in [-0.39, 0.29) is 37.5 Å². The number of carbonyl (C=O) groups is 3. The maximum absolute atomic E-state index is 13.1. The van der Waals surface area contributed by atoms with Crippen LogP contribution in [0.2, 0.25) is 5.02 Å². The Morgan fingerprint density at radius 3 is 2.55 bits per heavy atom. The van der Waals surface area contributed by atoms with E-state index in [0.717, 1.165) is 24.0 Å². The Hall–Kier alpha value is -2.86. The van der Waals surface area contributed by atoms with Crippen molar-refractivity contribution in [3.05, 3.63) is 64.2 Å². The zero-order valence-corrected chi connectivity index (χ0v) is 19.0. The normalized spacial score (nSPS) is 13.6. The van der Waals surface area contributed by atoms with Gasteiger partial charge in [-0.1, -0.05) is 49.2 Å². The molecule has 2 aromatic carbocycles. The van der Waals surface area contributed by atoms with Crippen molar-refractivity contribution in [2.45, 2.75) is 33.6 Å². The van der Waals surface area contributed by atoms with E-state index in [0.29, 0.717) is 22.8 Å². The Balaban J connectivity index is 1.74. The molecule has 164 valence electrons. The molecule has 1 saturated heterocycles. The Bertz CT molecular complexity index is 992. The Kier molecular flexibility index (Phi) is 7.33. The Labute approximate surface area is 188 Å². The van der Waals surface area contributed by atoms with Gasteiger partial charge in [-0.3, -0.25) is 19.3 Å². The number of rotatable bonds is 7. The van der Waals surface area contributed by atoms with Gasteiger partial charge in [0.1, 0.15) is 19.8 Å². The highest BCUT2D eigenvalue weighted by atomic mass is 35.5. The van der Waals surface area contributed by atoms with E-state index in [9.17, 15) is 14.4 Å². The first-order valence-electron chi connectivity index (χ1n) is 10.5. The number of halogens is 1. The quantitative estimate of drug-likeness (QED) is 0.651. The molecule has 0 unspecified atom stereocenters. The van der Waals surface area contributed by atoms with Gasteiger partial charge < -0.3 is 9.80 Å². The second-order valence-electron chi connectivity index (χ2n) is 7.83. The summed E-state index contributed by atoms with van der Waals surface area (Å²) >= 11 is 6.20. The van der Waals surface area contributed by atoms with Gasteiger partial charge in [0.2, 0.25) is 11.8 Å². The molecule has 7 heteroatoms. The highest BCUT2D eigenvalue weighted by molar-refractivity contribution is 6.31. The summed E-state index contributed by atoms with van der Waals surface area (Å²) < 4.78 is 0. The number of aryl methyl sites for hydroxylation is 1. The van der Waals surface area contributed by atoms with Gasteiger partial charge in [-0.25, -0.2) is 0 Å². The van der Waals surface area contributed by atoms with Crippen LogP contribution in [0.15, 0.2) is 42.5 Å². The molecule has 0 atom stereocenters. The van der Waals surface area contributed by atoms with Crippen LogP contribution in [0.3, 0.4) is 0 Å². The maximum Gasteiger partial charge on any atom is 0.254 e. The van der Waals surface area contributed by atoms with Crippen LogP contribution in [-0.4, -0.2) is 53.8 Å². The lowest BCUT2D eigenvalue weighted by Gasteiger charge is -2.26. The van der Waals surface area contributed by atoms with E-state index >= 15 is 0 Å². The molecule has 0 aliphatic carbocycles. The molecule has 1 aliphatic heterocycles. The summed E-state index contributed by atoms with van der Waals surface area (Å²) in [5, 5.41) is 0.574. The van der Waals surface area contributed by atoms with E-state index in [1.54, 1.807) is 28.0 Å². The van der Waals surface area contributed by atoms with Crippen LogP contribution in [0, 0.1) is 13.8 Å². The average molecular weight is 442 g/mol. The fourth-order valence-corrected chi connectivity index (χ4v) is 3.83. The molecule has 2 aromatic rings. The number of hydrogen-bond donors (Lipinski definition) is 0. The summed E-state index contributed by atoms with van der Waals surface area (Å²) in [7, 11) is 0. The van der Waals surface area contributed by atoms with Crippen LogP contribution in [0.25, 0.3) is 0 Å². The van der Waals surface area contributed by atoms with E-state index < -0.39 is 0 Å². The van der Waals surface area contributed by atoms with Crippen LogP contribution in [0.1, 0.15) is 41.3 Å². The fraction of sp³-hybridized carbons (Fsp3) is 0.375. The predicted molar refractivity (Wildman–Crippen MR) is 122 cm³/mol. The molecule has 1 heterocycles. The summed E-state index contributed by atoms with van der Waals surface area (Å²) in [6, 6.07) is 12.8. The third kappa shape index (κ3) is 5.07. The third-order valence-electron chi connectivity index (χ3n) is 5.59. The molecule has 1 fully saturated rings. The zero-order valence-electron chi connectivity index (χ0n) is 18.2. The van der Waals surface area contributed by atoms with Crippen molar-refractivity contribution in [3.63, 3.8) is 0 Å². The first-order chi connectivity index (χ1) is 14.8. The Morgan fingerprint density at radius 1 is 1.10 bits per heavy atom. The van der Waals surface area contributed by atoms with E-state index in [1.807, 2.05) is 45.0 Å². The number of anilines is 1. The monoisotopic (exact) mass is 441 g/mol. The van der Waals surface area contributed by atoms with Gasteiger partial charge >= 0.3 is 0 Å². The second-order valence-corrected chi connectivity index (χ2v) is 8.24. The molecule has 0 spiro atoms. The first-order valence-corrected chi connectivity index (χ1v) is 10.9. The van der Waals surface area contributed by atoms with Gasteiger partial charge in [-0.2, -0.15) is 0 Å². The van der Waals surface area contributed by atoms with E-state index in [4.69, 9.17) is 11.6 Å². The third-order valence-corrected chi connectivity index (χ3v) is 6.00. The highest BCUT2D eigenvalue weighted by Crippen LogP contribution is 2.28. The summed E-state index contributed by atoms with van der Waals surface area (Å²) in [6.45, 7) is 6.36. The number of amides is 3. The molecule has 3 amide bonds. The maximum atomic E-state index is 13.1. The summed E-state index contributed by atoms with van der Waals surface area (Å²) in [6.07, 6.45) is 1.72. The van der Waals surface area contributed by atoms with Crippen LogP contribution >= 0.6 is 11.6 Å².